The molecule has 0 fully saturated rings. The van der Waals surface area contributed by atoms with Crippen molar-refractivity contribution in [3.8, 4) is 11.4 Å². The molecule has 4 nitrogen and oxygen atoms in total. The Hall–Kier alpha value is -2.00. The van der Waals surface area contributed by atoms with Crippen molar-refractivity contribution in [3.63, 3.8) is 0 Å². The second-order valence-electron chi connectivity index (χ2n) is 6.84. The molecule has 3 aromatic rings. The van der Waals surface area contributed by atoms with Gasteiger partial charge in [0.25, 0.3) is 5.56 Å². The molecule has 0 aliphatic heterocycles. The normalized spacial score (nSPS) is 14.2. The SMILES string of the molecule is COc1cccc(-n2c(SCCC(F)(F)F)nc3sc4c(c3c2=O)CCCC4)c1. The molecule has 0 saturated carbocycles. The van der Waals surface area contributed by atoms with Crippen LogP contribution in [0.15, 0.2) is 34.2 Å². The highest BCUT2D eigenvalue weighted by Gasteiger charge is 2.28. The van der Waals surface area contributed by atoms with E-state index in [9.17, 15) is 18.0 Å². The summed E-state index contributed by atoms with van der Waals surface area (Å²) in [7, 11) is 1.53. The highest BCUT2D eigenvalue weighted by molar-refractivity contribution is 7.99. The van der Waals surface area contributed by atoms with Crippen molar-refractivity contribution in [2.24, 2.45) is 0 Å². The fraction of sp³-hybridized carbons (Fsp3) is 0.400. The Morgan fingerprint density at radius 2 is 2.07 bits per heavy atom. The lowest BCUT2D eigenvalue weighted by Crippen LogP contribution is -2.22. The van der Waals surface area contributed by atoms with Crippen LogP contribution >= 0.6 is 23.1 Å². The van der Waals surface area contributed by atoms with E-state index in [0.717, 1.165) is 43.0 Å². The summed E-state index contributed by atoms with van der Waals surface area (Å²) in [6, 6.07) is 6.94. The van der Waals surface area contributed by atoms with Crippen molar-refractivity contribution >= 4 is 33.3 Å². The monoisotopic (exact) mass is 440 g/mol. The topological polar surface area (TPSA) is 44.1 Å². The van der Waals surface area contributed by atoms with Crippen molar-refractivity contribution in [2.45, 2.75) is 43.4 Å². The van der Waals surface area contributed by atoms with Gasteiger partial charge >= 0.3 is 6.18 Å². The molecule has 154 valence electrons. The fourth-order valence-electron chi connectivity index (χ4n) is 3.52. The van der Waals surface area contributed by atoms with Crippen LogP contribution in [0.5, 0.6) is 5.75 Å². The summed E-state index contributed by atoms with van der Waals surface area (Å²) in [5.41, 5.74) is 1.36. The summed E-state index contributed by atoms with van der Waals surface area (Å²) >= 11 is 2.45. The predicted octanol–water partition coefficient (Wildman–Crippen LogP) is 5.38. The first kappa shape index (κ1) is 20.3. The van der Waals surface area contributed by atoms with Crippen LogP contribution in [0.2, 0.25) is 0 Å². The number of alkyl halides is 3. The van der Waals surface area contributed by atoms with E-state index in [1.165, 1.54) is 27.9 Å². The summed E-state index contributed by atoms with van der Waals surface area (Å²) in [5, 5.41) is 0.881. The molecule has 0 bridgehead atoms. The largest absolute Gasteiger partial charge is 0.497 e. The van der Waals surface area contributed by atoms with E-state index in [2.05, 4.69) is 4.98 Å². The highest BCUT2D eigenvalue weighted by atomic mass is 32.2. The van der Waals surface area contributed by atoms with E-state index in [0.29, 0.717) is 21.7 Å². The van der Waals surface area contributed by atoms with Crippen molar-refractivity contribution in [3.05, 3.63) is 45.1 Å². The minimum Gasteiger partial charge on any atom is -0.497 e. The lowest BCUT2D eigenvalue weighted by Gasteiger charge is -2.14. The number of hydrogen-bond acceptors (Lipinski definition) is 5. The average molecular weight is 441 g/mol. The van der Waals surface area contributed by atoms with E-state index in [1.807, 2.05) is 0 Å². The molecule has 0 N–H and O–H groups in total. The molecule has 29 heavy (non-hydrogen) atoms. The molecule has 1 aliphatic carbocycles. The fourth-order valence-corrected chi connectivity index (χ4v) is 5.82. The number of fused-ring (bicyclic) bond motifs is 3. The Balaban J connectivity index is 1.88. The summed E-state index contributed by atoms with van der Waals surface area (Å²) in [6.07, 6.45) is -1.32. The molecule has 0 unspecified atom stereocenters. The maximum atomic E-state index is 13.5. The third-order valence-corrected chi connectivity index (χ3v) is 7.01. The van der Waals surface area contributed by atoms with Crippen LogP contribution in [-0.4, -0.2) is 28.6 Å². The van der Waals surface area contributed by atoms with Crippen LogP contribution in [0, 0.1) is 0 Å². The van der Waals surface area contributed by atoms with Crippen LogP contribution in [-0.2, 0) is 12.8 Å². The maximum Gasteiger partial charge on any atom is 0.389 e. The van der Waals surface area contributed by atoms with Crippen LogP contribution in [0.1, 0.15) is 29.7 Å². The molecule has 1 aliphatic rings. The molecule has 0 atom stereocenters. The lowest BCUT2D eigenvalue weighted by molar-refractivity contribution is -0.129. The van der Waals surface area contributed by atoms with Gasteiger partial charge in [-0.3, -0.25) is 9.36 Å². The smallest absolute Gasteiger partial charge is 0.389 e. The molecule has 4 rings (SSSR count). The first-order valence-corrected chi connectivity index (χ1v) is 11.1. The quantitative estimate of drug-likeness (QED) is 0.395. The Morgan fingerprint density at radius 1 is 1.28 bits per heavy atom. The number of halogens is 3. The molecule has 9 heteroatoms. The van der Waals surface area contributed by atoms with Crippen molar-refractivity contribution in [2.75, 3.05) is 12.9 Å². The zero-order chi connectivity index (χ0) is 20.6. The number of nitrogens with zero attached hydrogens (tertiary/aromatic N) is 2. The molecule has 0 amide bonds. The number of hydrogen-bond donors (Lipinski definition) is 0. The number of rotatable bonds is 5. The van der Waals surface area contributed by atoms with Gasteiger partial charge in [-0.2, -0.15) is 13.2 Å². The Labute approximate surface area is 173 Å². The van der Waals surface area contributed by atoms with Gasteiger partial charge < -0.3 is 4.74 Å². The number of benzene rings is 1. The van der Waals surface area contributed by atoms with Crippen LogP contribution in [0.3, 0.4) is 0 Å². The number of thioether (sulfide) groups is 1. The van der Waals surface area contributed by atoms with E-state index in [-0.39, 0.29) is 16.5 Å². The molecule has 1 aromatic carbocycles. The molecule has 0 radical (unpaired) electrons. The molecular formula is C20H19F3N2O2S2. The van der Waals surface area contributed by atoms with Crippen molar-refractivity contribution in [1.29, 1.82) is 0 Å². The summed E-state index contributed by atoms with van der Waals surface area (Å²) < 4.78 is 44.6. The van der Waals surface area contributed by atoms with Crippen LogP contribution < -0.4 is 10.3 Å². The number of thiophene rings is 1. The Bertz CT molecular complexity index is 1110. The summed E-state index contributed by atoms with van der Waals surface area (Å²) in [5.74, 6) is 0.365. The number of aryl methyl sites for hydroxylation is 2. The number of aromatic nitrogens is 2. The third-order valence-electron chi connectivity index (χ3n) is 4.89. The van der Waals surface area contributed by atoms with Gasteiger partial charge in [0.1, 0.15) is 10.6 Å². The van der Waals surface area contributed by atoms with E-state index in [1.54, 1.807) is 24.3 Å². The molecule has 2 heterocycles. The number of ether oxygens (including phenoxy) is 1. The average Bonchev–Trinajstić information content (AvgIpc) is 3.05. The minimum absolute atomic E-state index is 0.198. The van der Waals surface area contributed by atoms with E-state index < -0.39 is 12.6 Å². The Kier molecular flexibility index (Phi) is 5.61. The number of methoxy groups -OCH3 is 1. The molecule has 0 spiro atoms. The van der Waals surface area contributed by atoms with E-state index >= 15 is 0 Å². The first-order valence-electron chi connectivity index (χ1n) is 9.28. The summed E-state index contributed by atoms with van der Waals surface area (Å²) in [6.45, 7) is 0. The van der Waals surface area contributed by atoms with Crippen molar-refractivity contribution < 1.29 is 17.9 Å². The highest BCUT2D eigenvalue weighted by Crippen LogP contribution is 2.36. The predicted molar refractivity (Wildman–Crippen MR) is 110 cm³/mol. The van der Waals surface area contributed by atoms with Gasteiger partial charge in [0, 0.05) is 16.7 Å². The van der Waals surface area contributed by atoms with Gasteiger partial charge in [0.15, 0.2) is 5.16 Å². The third kappa shape index (κ3) is 4.16. The maximum absolute atomic E-state index is 13.5. The summed E-state index contributed by atoms with van der Waals surface area (Å²) in [4.78, 5) is 19.9. The van der Waals surface area contributed by atoms with Gasteiger partial charge in [0.2, 0.25) is 0 Å². The van der Waals surface area contributed by atoms with Gasteiger partial charge in [-0.25, -0.2) is 4.98 Å². The minimum atomic E-state index is -4.25. The second kappa shape index (κ2) is 8.02. The second-order valence-corrected chi connectivity index (χ2v) is 8.99. The zero-order valence-electron chi connectivity index (χ0n) is 15.7. The zero-order valence-corrected chi connectivity index (χ0v) is 17.3. The lowest BCUT2D eigenvalue weighted by atomic mass is 9.97. The molecule has 2 aromatic heterocycles. The molecular weight excluding hydrogens is 421 g/mol. The van der Waals surface area contributed by atoms with Gasteiger partial charge in [-0.15, -0.1) is 11.3 Å². The van der Waals surface area contributed by atoms with Crippen LogP contribution in [0.4, 0.5) is 13.2 Å². The van der Waals surface area contributed by atoms with Gasteiger partial charge in [0.05, 0.1) is 24.6 Å². The van der Waals surface area contributed by atoms with E-state index in [4.69, 9.17) is 4.74 Å². The van der Waals surface area contributed by atoms with Crippen molar-refractivity contribution in [1.82, 2.24) is 9.55 Å². The Morgan fingerprint density at radius 3 is 2.83 bits per heavy atom. The standard InChI is InChI=1S/C20H19F3N2O2S2/c1-27-13-6-4-5-12(11-13)25-18(26)16-14-7-2-3-8-15(14)29-17(16)24-19(25)28-10-9-20(21,22)23/h4-6,11H,2-3,7-10H2,1H3. The first-order chi connectivity index (χ1) is 13.9. The van der Waals surface area contributed by atoms with Gasteiger partial charge in [-0.05, 0) is 43.4 Å². The van der Waals surface area contributed by atoms with Crippen LogP contribution in [0.25, 0.3) is 15.9 Å². The molecule has 0 saturated heterocycles. The van der Waals surface area contributed by atoms with Gasteiger partial charge in [-0.1, -0.05) is 17.8 Å².